The summed E-state index contributed by atoms with van der Waals surface area (Å²) in [5.74, 6) is -0.829. The zero-order chi connectivity index (χ0) is 15.0. The molecule has 0 aliphatic heterocycles. The van der Waals surface area contributed by atoms with Gasteiger partial charge in [0.2, 0.25) is 6.08 Å². The Hall–Kier alpha value is -1.04. The Bertz CT molecular complexity index is 667. The first-order chi connectivity index (χ1) is 9.30. The fourth-order valence-electron chi connectivity index (χ4n) is 2.70. The van der Waals surface area contributed by atoms with Crippen LogP contribution in [-0.4, -0.2) is 20.8 Å². The van der Waals surface area contributed by atoms with Crippen LogP contribution in [0.3, 0.4) is 0 Å². The van der Waals surface area contributed by atoms with Gasteiger partial charge in [-0.05, 0) is 46.5 Å². The SMILES string of the molecule is CS(=O)(=O)c1c(F)cc(C2(N=C=O)CCCC2)cc1Br. The summed E-state index contributed by atoms with van der Waals surface area (Å²) in [6, 6.07) is 2.69. The Morgan fingerprint density at radius 3 is 2.40 bits per heavy atom. The maximum Gasteiger partial charge on any atom is 0.235 e. The van der Waals surface area contributed by atoms with Crippen LogP contribution in [0.15, 0.2) is 26.5 Å². The van der Waals surface area contributed by atoms with Crippen molar-refractivity contribution in [2.45, 2.75) is 36.1 Å². The van der Waals surface area contributed by atoms with E-state index in [4.69, 9.17) is 0 Å². The molecule has 1 aliphatic rings. The Labute approximate surface area is 125 Å². The van der Waals surface area contributed by atoms with Gasteiger partial charge in [-0.2, -0.15) is 4.99 Å². The number of hydrogen-bond acceptors (Lipinski definition) is 4. The highest BCUT2D eigenvalue weighted by Gasteiger charge is 2.37. The largest absolute Gasteiger partial charge is 0.235 e. The molecule has 0 atom stereocenters. The lowest BCUT2D eigenvalue weighted by molar-refractivity contribution is 0.450. The van der Waals surface area contributed by atoms with E-state index in [0.717, 1.165) is 25.2 Å². The standard InChI is InChI=1S/C13H13BrFNO3S/c1-20(18,19)12-10(14)6-9(7-11(12)15)13(16-8-17)4-2-3-5-13/h6-7H,2-5H2,1H3. The average molecular weight is 362 g/mol. The summed E-state index contributed by atoms with van der Waals surface area (Å²) >= 11 is 3.10. The van der Waals surface area contributed by atoms with E-state index in [2.05, 4.69) is 20.9 Å². The zero-order valence-electron chi connectivity index (χ0n) is 10.8. The monoisotopic (exact) mass is 361 g/mol. The van der Waals surface area contributed by atoms with Gasteiger partial charge < -0.3 is 0 Å². The van der Waals surface area contributed by atoms with E-state index in [1.54, 1.807) is 6.08 Å². The van der Waals surface area contributed by atoms with E-state index in [-0.39, 0.29) is 9.37 Å². The first-order valence-corrected chi connectivity index (χ1v) is 8.77. The van der Waals surface area contributed by atoms with Crippen LogP contribution in [0.2, 0.25) is 0 Å². The molecule has 0 N–H and O–H groups in total. The van der Waals surface area contributed by atoms with Crippen molar-refractivity contribution in [2.75, 3.05) is 6.26 Å². The Morgan fingerprint density at radius 1 is 1.35 bits per heavy atom. The van der Waals surface area contributed by atoms with Gasteiger partial charge in [0.1, 0.15) is 10.7 Å². The molecule has 0 radical (unpaired) electrons. The number of rotatable bonds is 3. The zero-order valence-corrected chi connectivity index (χ0v) is 13.2. The third-order valence-electron chi connectivity index (χ3n) is 3.60. The van der Waals surface area contributed by atoms with Crippen LogP contribution in [0.4, 0.5) is 4.39 Å². The van der Waals surface area contributed by atoms with Gasteiger partial charge in [0.05, 0.1) is 5.54 Å². The summed E-state index contributed by atoms with van der Waals surface area (Å²) in [6.07, 6.45) is 5.54. The van der Waals surface area contributed by atoms with E-state index in [0.29, 0.717) is 18.4 Å². The van der Waals surface area contributed by atoms with Crippen LogP contribution >= 0.6 is 15.9 Å². The van der Waals surface area contributed by atoms with Gasteiger partial charge in [-0.1, -0.05) is 12.8 Å². The first-order valence-electron chi connectivity index (χ1n) is 6.09. The third-order valence-corrected chi connectivity index (χ3v) is 5.64. The number of isocyanates is 1. The van der Waals surface area contributed by atoms with Gasteiger partial charge >= 0.3 is 0 Å². The lowest BCUT2D eigenvalue weighted by Crippen LogP contribution is -2.20. The van der Waals surface area contributed by atoms with Crippen molar-refractivity contribution in [2.24, 2.45) is 4.99 Å². The lowest BCUT2D eigenvalue weighted by atomic mass is 9.89. The van der Waals surface area contributed by atoms with Crippen molar-refractivity contribution < 1.29 is 17.6 Å². The molecule has 4 nitrogen and oxygen atoms in total. The number of carbonyl (C=O) groups excluding carboxylic acids is 1. The van der Waals surface area contributed by atoms with Crippen LogP contribution in [0.25, 0.3) is 0 Å². The molecule has 0 bridgehead atoms. The Balaban J connectivity index is 2.63. The van der Waals surface area contributed by atoms with E-state index < -0.39 is 21.2 Å². The van der Waals surface area contributed by atoms with Crippen molar-refractivity contribution in [1.29, 1.82) is 0 Å². The van der Waals surface area contributed by atoms with Crippen LogP contribution in [0.1, 0.15) is 31.2 Å². The summed E-state index contributed by atoms with van der Waals surface area (Å²) in [5.41, 5.74) is -0.267. The van der Waals surface area contributed by atoms with Gasteiger partial charge in [0.15, 0.2) is 9.84 Å². The van der Waals surface area contributed by atoms with E-state index in [1.165, 1.54) is 6.07 Å². The van der Waals surface area contributed by atoms with Crippen molar-refractivity contribution in [3.63, 3.8) is 0 Å². The Kier molecular flexibility index (Phi) is 4.14. The minimum Gasteiger partial charge on any atom is -0.224 e. The quantitative estimate of drug-likeness (QED) is 0.613. The van der Waals surface area contributed by atoms with Gasteiger partial charge in [0.25, 0.3) is 0 Å². The summed E-state index contributed by atoms with van der Waals surface area (Å²) < 4.78 is 37.4. The fourth-order valence-corrected chi connectivity index (χ4v) is 4.84. The number of halogens is 2. The van der Waals surface area contributed by atoms with Crippen LogP contribution < -0.4 is 0 Å². The molecule has 0 amide bonds. The molecule has 0 heterocycles. The number of nitrogens with zero attached hydrogens (tertiary/aromatic N) is 1. The molecule has 1 aromatic rings. The predicted octanol–water partition coefficient (Wildman–Crippen LogP) is 3.10. The van der Waals surface area contributed by atoms with Gasteiger partial charge in [0, 0.05) is 10.7 Å². The fraction of sp³-hybridized carbons (Fsp3) is 0.462. The van der Waals surface area contributed by atoms with Crippen molar-refractivity contribution in [3.8, 4) is 0 Å². The molecule has 2 rings (SSSR count). The second-order valence-electron chi connectivity index (χ2n) is 4.98. The molecule has 1 aromatic carbocycles. The first kappa shape index (κ1) is 15.4. The molecular formula is C13H13BrFNO3S. The van der Waals surface area contributed by atoms with Crippen LogP contribution in [-0.2, 0) is 20.2 Å². The molecular weight excluding hydrogens is 349 g/mol. The summed E-state index contributed by atoms with van der Waals surface area (Å²) in [4.78, 5) is 14.1. The molecule has 0 aromatic heterocycles. The molecule has 1 aliphatic carbocycles. The lowest BCUT2D eigenvalue weighted by Gasteiger charge is -2.23. The predicted molar refractivity (Wildman–Crippen MR) is 75.5 cm³/mol. The summed E-state index contributed by atoms with van der Waals surface area (Å²) in [7, 11) is -3.67. The molecule has 0 saturated heterocycles. The topological polar surface area (TPSA) is 63.6 Å². The molecule has 1 saturated carbocycles. The molecule has 108 valence electrons. The van der Waals surface area contributed by atoms with E-state index in [9.17, 15) is 17.6 Å². The van der Waals surface area contributed by atoms with Crippen molar-refractivity contribution >= 4 is 31.8 Å². The summed E-state index contributed by atoms with van der Waals surface area (Å²) in [5, 5.41) is 0. The van der Waals surface area contributed by atoms with Crippen molar-refractivity contribution in [1.82, 2.24) is 0 Å². The minimum absolute atomic E-state index is 0.155. The van der Waals surface area contributed by atoms with Crippen LogP contribution in [0.5, 0.6) is 0 Å². The average Bonchev–Trinajstić information content (AvgIpc) is 2.76. The Morgan fingerprint density at radius 2 is 1.95 bits per heavy atom. The molecule has 1 fully saturated rings. The van der Waals surface area contributed by atoms with Gasteiger partial charge in [-0.25, -0.2) is 17.6 Å². The van der Waals surface area contributed by atoms with Crippen LogP contribution in [0, 0.1) is 5.82 Å². The maximum atomic E-state index is 14.1. The van der Waals surface area contributed by atoms with Gasteiger partial charge in [-0.15, -0.1) is 0 Å². The number of aliphatic imine (C=N–C) groups is 1. The smallest absolute Gasteiger partial charge is 0.224 e. The number of sulfone groups is 1. The minimum atomic E-state index is -3.67. The second kappa shape index (κ2) is 5.39. The van der Waals surface area contributed by atoms with Gasteiger partial charge in [-0.3, -0.25) is 0 Å². The van der Waals surface area contributed by atoms with Crippen molar-refractivity contribution in [3.05, 3.63) is 28.0 Å². The molecule has 20 heavy (non-hydrogen) atoms. The number of hydrogen-bond donors (Lipinski definition) is 0. The highest BCUT2D eigenvalue weighted by Crippen LogP contribution is 2.44. The highest BCUT2D eigenvalue weighted by molar-refractivity contribution is 9.10. The highest BCUT2D eigenvalue weighted by atomic mass is 79.9. The van der Waals surface area contributed by atoms with E-state index in [1.807, 2.05) is 0 Å². The third kappa shape index (κ3) is 2.71. The second-order valence-corrected chi connectivity index (χ2v) is 7.79. The molecule has 0 spiro atoms. The molecule has 0 unspecified atom stereocenters. The van der Waals surface area contributed by atoms with E-state index >= 15 is 0 Å². The normalized spacial score (nSPS) is 17.8. The number of benzene rings is 1. The maximum absolute atomic E-state index is 14.1. The molecule has 7 heteroatoms. The summed E-state index contributed by atoms with van der Waals surface area (Å²) in [6.45, 7) is 0.